The van der Waals surface area contributed by atoms with Crippen molar-refractivity contribution >= 4 is 33.8 Å². The molecule has 0 saturated carbocycles. The molecule has 7 nitrogen and oxygen atoms in total. The van der Waals surface area contributed by atoms with Crippen LogP contribution >= 0.6 is 0 Å². The number of aromatic nitrogens is 2. The van der Waals surface area contributed by atoms with Crippen LogP contribution < -0.4 is 10.2 Å². The zero-order valence-electron chi connectivity index (χ0n) is 18.1. The van der Waals surface area contributed by atoms with Gasteiger partial charge < -0.3 is 19.5 Å². The van der Waals surface area contributed by atoms with Gasteiger partial charge in [0.15, 0.2) is 11.4 Å². The predicted molar refractivity (Wildman–Crippen MR) is 122 cm³/mol. The van der Waals surface area contributed by atoms with Crippen LogP contribution in [0.2, 0.25) is 0 Å². The number of fused-ring (bicyclic) bond motifs is 3. The second-order valence-corrected chi connectivity index (χ2v) is 8.78. The maximum absolute atomic E-state index is 12.6. The summed E-state index contributed by atoms with van der Waals surface area (Å²) in [5, 5.41) is 4.18. The zero-order chi connectivity index (χ0) is 21.0. The molecule has 0 aliphatic carbocycles. The molecule has 2 aliphatic heterocycles. The van der Waals surface area contributed by atoms with Crippen molar-refractivity contribution in [2.45, 2.75) is 38.5 Å². The number of furan rings is 1. The number of benzene rings is 1. The van der Waals surface area contributed by atoms with Crippen LogP contribution in [0.25, 0.3) is 22.1 Å². The molecule has 3 aromatic rings. The maximum Gasteiger partial charge on any atom is 0.223 e. The Morgan fingerprint density at radius 2 is 1.87 bits per heavy atom. The molecule has 2 saturated heterocycles. The molecular formula is C24H31N5O2. The maximum atomic E-state index is 12.6. The molecule has 2 aliphatic rings. The number of likely N-dealkylation sites (tertiary alicyclic amines) is 1. The fraction of sp³-hybridized carbons (Fsp3) is 0.542. The Balaban J connectivity index is 1.15. The van der Waals surface area contributed by atoms with Gasteiger partial charge in [-0.05, 0) is 63.9 Å². The minimum absolute atomic E-state index is 0.0826. The number of hydrogen-bond donors (Lipinski definition) is 1. The number of anilines is 1. The molecule has 0 atom stereocenters. The number of amides is 1. The van der Waals surface area contributed by atoms with Crippen molar-refractivity contribution in [2.24, 2.45) is 5.92 Å². The van der Waals surface area contributed by atoms with E-state index in [-0.39, 0.29) is 11.8 Å². The standard InChI is InChI=1S/C24H31N5O2/c30-24(25-11-6-14-28-12-4-1-5-13-28)18-9-15-29(16-10-18)23-22-21(26-17-27-23)19-7-2-3-8-20(19)31-22/h2-3,7-8,17-18H,1,4-6,9-16H2,(H,25,30). The number of carbonyl (C=O) groups excluding carboxylic acids is 1. The van der Waals surface area contributed by atoms with E-state index in [1.54, 1.807) is 6.33 Å². The Kier molecular flexibility index (Phi) is 6.02. The van der Waals surface area contributed by atoms with Gasteiger partial charge in [0.05, 0.1) is 0 Å². The van der Waals surface area contributed by atoms with Crippen LogP contribution in [0.4, 0.5) is 5.82 Å². The molecule has 1 aromatic carbocycles. The van der Waals surface area contributed by atoms with Crippen molar-refractivity contribution in [3.63, 3.8) is 0 Å². The fourth-order valence-corrected chi connectivity index (χ4v) is 4.93. The van der Waals surface area contributed by atoms with E-state index in [2.05, 4.69) is 25.1 Å². The molecule has 4 heterocycles. The lowest BCUT2D eigenvalue weighted by Gasteiger charge is -2.32. The molecule has 0 spiro atoms. The number of nitrogens with one attached hydrogen (secondary N) is 1. The van der Waals surface area contributed by atoms with Gasteiger partial charge in [-0.3, -0.25) is 4.79 Å². The van der Waals surface area contributed by atoms with E-state index < -0.39 is 0 Å². The average molecular weight is 422 g/mol. The Bertz CT molecular complexity index is 1030. The molecule has 5 rings (SSSR count). The second kappa shape index (κ2) is 9.22. The van der Waals surface area contributed by atoms with Crippen molar-refractivity contribution in [3.05, 3.63) is 30.6 Å². The average Bonchev–Trinajstić information content (AvgIpc) is 3.21. The molecule has 0 radical (unpaired) electrons. The second-order valence-electron chi connectivity index (χ2n) is 8.78. The van der Waals surface area contributed by atoms with Crippen LogP contribution in [0.15, 0.2) is 35.0 Å². The van der Waals surface area contributed by atoms with Crippen LogP contribution in [0.5, 0.6) is 0 Å². The Hall–Kier alpha value is -2.67. The highest BCUT2D eigenvalue weighted by Crippen LogP contribution is 2.33. The topological polar surface area (TPSA) is 74.5 Å². The van der Waals surface area contributed by atoms with Crippen molar-refractivity contribution < 1.29 is 9.21 Å². The largest absolute Gasteiger partial charge is 0.450 e. The predicted octanol–water partition coefficient (Wildman–Crippen LogP) is 3.58. The van der Waals surface area contributed by atoms with Gasteiger partial charge in [0, 0.05) is 30.9 Å². The lowest BCUT2D eigenvalue weighted by Crippen LogP contribution is -2.41. The highest BCUT2D eigenvalue weighted by molar-refractivity contribution is 6.05. The third kappa shape index (κ3) is 4.37. The first-order valence-corrected chi connectivity index (χ1v) is 11.7. The van der Waals surface area contributed by atoms with E-state index in [9.17, 15) is 4.79 Å². The molecule has 164 valence electrons. The number of rotatable bonds is 6. The van der Waals surface area contributed by atoms with Gasteiger partial charge in [-0.2, -0.15) is 0 Å². The van der Waals surface area contributed by atoms with Crippen molar-refractivity contribution in [2.75, 3.05) is 44.2 Å². The van der Waals surface area contributed by atoms with Crippen LogP contribution in [0.3, 0.4) is 0 Å². The SMILES string of the molecule is O=C(NCCCN1CCCCC1)C1CCN(c2ncnc3c2oc2ccccc23)CC1. The highest BCUT2D eigenvalue weighted by Gasteiger charge is 2.27. The summed E-state index contributed by atoms with van der Waals surface area (Å²) < 4.78 is 6.08. The fourth-order valence-electron chi connectivity index (χ4n) is 4.93. The van der Waals surface area contributed by atoms with Crippen molar-refractivity contribution in [1.29, 1.82) is 0 Å². The van der Waals surface area contributed by atoms with Crippen molar-refractivity contribution in [1.82, 2.24) is 20.2 Å². The lowest BCUT2D eigenvalue weighted by molar-refractivity contribution is -0.125. The summed E-state index contributed by atoms with van der Waals surface area (Å²) in [4.78, 5) is 26.3. The summed E-state index contributed by atoms with van der Waals surface area (Å²) in [5.41, 5.74) is 2.43. The van der Waals surface area contributed by atoms with Gasteiger partial charge in [0.1, 0.15) is 17.4 Å². The van der Waals surface area contributed by atoms with Gasteiger partial charge in [-0.15, -0.1) is 0 Å². The molecule has 2 fully saturated rings. The van der Waals surface area contributed by atoms with E-state index in [4.69, 9.17) is 4.42 Å². The van der Waals surface area contributed by atoms with Gasteiger partial charge >= 0.3 is 0 Å². The van der Waals surface area contributed by atoms with Gasteiger partial charge in [0.25, 0.3) is 0 Å². The molecule has 2 aromatic heterocycles. The van der Waals surface area contributed by atoms with Gasteiger partial charge in [-0.1, -0.05) is 18.6 Å². The summed E-state index contributed by atoms with van der Waals surface area (Å²) in [7, 11) is 0. The Labute approximate surface area is 182 Å². The molecule has 1 amide bonds. The molecule has 1 N–H and O–H groups in total. The third-order valence-electron chi connectivity index (χ3n) is 6.70. The summed E-state index contributed by atoms with van der Waals surface area (Å²) >= 11 is 0. The zero-order valence-corrected chi connectivity index (χ0v) is 18.1. The highest BCUT2D eigenvalue weighted by atomic mass is 16.3. The Morgan fingerprint density at radius 1 is 1.06 bits per heavy atom. The summed E-state index contributed by atoms with van der Waals surface area (Å²) in [6.07, 6.45) is 8.32. The lowest BCUT2D eigenvalue weighted by atomic mass is 9.96. The molecular weight excluding hydrogens is 390 g/mol. The van der Waals surface area contributed by atoms with Gasteiger partial charge in [0.2, 0.25) is 5.91 Å². The quantitative estimate of drug-likeness (QED) is 0.613. The number of nitrogens with zero attached hydrogens (tertiary/aromatic N) is 4. The number of hydrogen-bond acceptors (Lipinski definition) is 6. The van der Waals surface area contributed by atoms with Crippen molar-refractivity contribution in [3.8, 4) is 0 Å². The number of para-hydroxylation sites is 1. The molecule has 0 bridgehead atoms. The normalized spacial score (nSPS) is 18.6. The van der Waals surface area contributed by atoms with E-state index in [1.807, 2.05) is 24.3 Å². The minimum Gasteiger partial charge on any atom is -0.450 e. The van der Waals surface area contributed by atoms with E-state index >= 15 is 0 Å². The van der Waals surface area contributed by atoms with Crippen LogP contribution in [0.1, 0.15) is 38.5 Å². The summed E-state index contributed by atoms with van der Waals surface area (Å²) in [5.74, 6) is 1.12. The van der Waals surface area contributed by atoms with Crippen LogP contribution in [0, 0.1) is 5.92 Å². The van der Waals surface area contributed by atoms with E-state index in [1.165, 1.54) is 32.4 Å². The minimum atomic E-state index is 0.0826. The first-order valence-electron chi connectivity index (χ1n) is 11.7. The van der Waals surface area contributed by atoms with Gasteiger partial charge in [-0.25, -0.2) is 9.97 Å². The number of piperidine rings is 2. The number of carbonyl (C=O) groups is 1. The van der Waals surface area contributed by atoms with Crippen LogP contribution in [-0.4, -0.2) is 60.0 Å². The van der Waals surface area contributed by atoms with E-state index in [0.717, 1.165) is 73.3 Å². The molecule has 7 heteroatoms. The summed E-state index contributed by atoms with van der Waals surface area (Å²) in [6, 6.07) is 7.95. The van der Waals surface area contributed by atoms with Crippen LogP contribution in [-0.2, 0) is 4.79 Å². The smallest absolute Gasteiger partial charge is 0.223 e. The summed E-state index contributed by atoms with van der Waals surface area (Å²) in [6.45, 7) is 5.91. The Morgan fingerprint density at radius 3 is 2.71 bits per heavy atom. The monoisotopic (exact) mass is 421 g/mol. The first kappa shape index (κ1) is 20.2. The molecule has 31 heavy (non-hydrogen) atoms. The van der Waals surface area contributed by atoms with E-state index in [0.29, 0.717) is 0 Å². The third-order valence-corrected chi connectivity index (χ3v) is 6.70. The first-order chi connectivity index (χ1) is 15.3. The molecule has 0 unspecified atom stereocenters.